The van der Waals surface area contributed by atoms with Gasteiger partial charge in [0, 0.05) is 12.6 Å². The molecule has 0 aromatic heterocycles. The number of aliphatic carboxylic acids is 1. The van der Waals surface area contributed by atoms with Crippen LogP contribution in [0.3, 0.4) is 0 Å². The average Bonchev–Trinajstić information content (AvgIpc) is 2.01. The summed E-state index contributed by atoms with van der Waals surface area (Å²) in [4.78, 5) is 10.7. The molecule has 1 rings (SSSR count). The van der Waals surface area contributed by atoms with E-state index in [2.05, 4.69) is 5.32 Å². The SMILES string of the molecule is CCC(C)(O)CNC1CCC1C(=O)O. The second-order valence-electron chi connectivity index (χ2n) is 4.36. The van der Waals surface area contributed by atoms with Crippen LogP contribution < -0.4 is 5.32 Å². The van der Waals surface area contributed by atoms with Crippen molar-refractivity contribution in [2.45, 2.75) is 44.8 Å². The van der Waals surface area contributed by atoms with Crippen molar-refractivity contribution in [1.29, 1.82) is 0 Å². The lowest BCUT2D eigenvalue weighted by molar-refractivity contribution is -0.146. The molecule has 82 valence electrons. The normalized spacial score (nSPS) is 30.5. The summed E-state index contributed by atoms with van der Waals surface area (Å²) in [7, 11) is 0. The van der Waals surface area contributed by atoms with Crippen LogP contribution in [0.2, 0.25) is 0 Å². The highest BCUT2D eigenvalue weighted by atomic mass is 16.4. The maximum Gasteiger partial charge on any atom is 0.308 e. The van der Waals surface area contributed by atoms with E-state index in [4.69, 9.17) is 5.11 Å². The Kier molecular flexibility index (Phi) is 3.50. The fraction of sp³-hybridized carbons (Fsp3) is 0.900. The van der Waals surface area contributed by atoms with Crippen LogP contribution in [0.1, 0.15) is 33.1 Å². The smallest absolute Gasteiger partial charge is 0.308 e. The highest BCUT2D eigenvalue weighted by Crippen LogP contribution is 2.27. The molecule has 3 unspecified atom stereocenters. The summed E-state index contributed by atoms with van der Waals surface area (Å²) in [6, 6.07) is 0.0468. The van der Waals surface area contributed by atoms with Crippen LogP contribution in [-0.2, 0) is 4.79 Å². The van der Waals surface area contributed by atoms with Gasteiger partial charge in [0.05, 0.1) is 11.5 Å². The molecule has 0 heterocycles. The molecular formula is C10H19NO3. The second kappa shape index (κ2) is 4.28. The molecule has 4 heteroatoms. The van der Waals surface area contributed by atoms with Crippen LogP contribution >= 0.6 is 0 Å². The predicted octanol–water partition coefficient (Wildman–Crippen LogP) is 0.600. The Morgan fingerprint density at radius 3 is 2.57 bits per heavy atom. The Morgan fingerprint density at radius 1 is 1.57 bits per heavy atom. The van der Waals surface area contributed by atoms with Crippen molar-refractivity contribution in [3.05, 3.63) is 0 Å². The number of carboxylic acids is 1. The van der Waals surface area contributed by atoms with Crippen molar-refractivity contribution in [3.63, 3.8) is 0 Å². The number of hydrogen-bond donors (Lipinski definition) is 3. The topological polar surface area (TPSA) is 69.6 Å². The van der Waals surface area contributed by atoms with Gasteiger partial charge in [-0.3, -0.25) is 4.79 Å². The molecular weight excluding hydrogens is 182 g/mol. The fourth-order valence-electron chi connectivity index (χ4n) is 1.52. The summed E-state index contributed by atoms with van der Waals surface area (Å²) in [6.07, 6.45) is 2.32. The quantitative estimate of drug-likeness (QED) is 0.609. The Bertz CT molecular complexity index is 215. The number of carboxylic acid groups (broad SMARTS) is 1. The Balaban J connectivity index is 2.29. The Labute approximate surface area is 84.3 Å². The van der Waals surface area contributed by atoms with Crippen LogP contribution in [-0.4, -0.2) is 34.4 Å². The molecule has 1 saturated carbocycles. The van der Waals surface area contributed by atoms with E-state index in [1.165, 1.54) is 0 Å². The van der Waals surface area contributed by atoms with Gasteiger partial charge in [-0.1, -0.05) is 6.92 Å². The molecule has 0 saturated heterocycles. The minimum absolute atomic E-state index is 0.0468. The van der Waals surface area contributed by atoms with E-state index in [1.807, 2.05) is 6.92 Å². The molecule has 0 amide bonds. The van der Waals surface area contributed by atoms with Crippen LogP contribution in [0.25, 0.3) is 0 Å². The third kappa shape index (κ3) is 2.69. The summed E-state index contributed by atoms with van der Waals surface area (Å²) in [5.74, 6) is -0.993. The van der Waals surface area contributed by atoms with Crippen LogP contribution in [0.4, 0.5) is 0 Å². The lowest BCUT2D eigenvalue weighted by Crippen LogP contribution is -2.51. The average molecular weight is 201 g/mol. The molecule has 0 aliphatic heterocycles. The molecule has 1 fully saturated rings. The monoisotopic (exact) mass is 201 g/mol. The van der Waals surface area contributed by atoms with E-state index >= 15 is 0 Å². The lowest BCUT2D eigenvalue weighted by atomic mass is 9.79. The van der Waals surface area contributed by atoms with Crippen molar-refractivity contribution in [2.75, 3.05) is 6.54 Å². The molecule has 0 spiro atoms. The largest absolute Gasteiger partial charge is 0.481 e. The summed E-state index contributed by atoms with van der Waals surface area (Å²) in [5, 5.41) is 21.6. The van der Waals surface area contributed by atoms with Gasteiger partial charge in [-0.25, -0.2) is 0 Å². The van der Waals surface area contributed by atoms with Gasteiger partial charge in [0.25, 0.3) is 0 Å². The Hall–Kier alpha value is -0.610. The fourth-order valence-corrected chi connectivity index (χ4v) is 1.52. The van der Waals surface area contributed by atoms with Crippen molar-refractivity contribution in [1.82, 2.24) is 5.32 Å². The van der Waals surface area contributed by atoms with Crippen molar-refractivity contribution in [3.8, 4) is 0 Å². The standard InChI is InChI=1S/C10H19NO3/c1-3-10(2,14)6-11-8-5-4-7(8)9(12)13/h7-8,11,14H,3-6H2,1-2H3,(H,12,13). The maximum absolute atomic E-state index is 10.7. The maximum atomic E-state index is 10.7. The minimum atomic E-state index is -0.732. The predicted molar refractivity (Wildman–Crippen MR) is 53.1 cm³/mol. The van der Waals surface area contributed by atoms with E-state index in [0.717, 1.165) is 12.8 Å². The molecule has 0 aromatic rings. The van der Waals surface area contributed by atoms with Crippen molar-refractivity contribution < 1.29 is 15.0 Å². The molecule has 14 heavy (non-hydrogen) atoms. The van der Waals surface area contributed by atoms with Gasteiger partial charge in [-0.15, -0.1) is 0 Å². The first-order valence-electron chi connectivity index (χ1n) is 5.15. The first kappa shape index (κ1) is 11.5. The summed E-state index contributed by atoms with van der Waals surface area (Å²) < 4.78 is 0. The van der Waals surface area contributed by atoms with Crippen LogP contribution in [0.15, 0.2) is 0 Å². The highest BCUT2D eigenvalue weighted by molar-refractivity contribution is 5.72. The molecule has 1 aliphatic carbocycles. The van der Waals surface area contributed by atoms with Gasteiger partial charge in [0.15, 0.2) is 0 Å². The van der Waals surface area contributed by atoms with E-state index < -0.39 is 11.6 Å². The summed E-state index contributed by atoms with van der Waals surface area (Å²) in [5.41, 5.74) is -0.724. The zero-order chi connectivity index (χ0) is 10.8. The molecule has 0 radical (unpaired) electrons. The second-order valence-corrected chi connectivity index (χ2v) is 4.36. The number of carbonyl (C=O) groups is 1. The molecule has 3 atom stereocenters. The third-order valence-electron chi connectivity index (χ3n) is 3.10. The molecule has 4 nitrogen and oxygen atoms in total. The van der Waals surface area contributed by atoms with Crippen molar-refractivity contribution >= 4 is 5.97 Å². The number of aliphatic hydroxyl groups is 1. The van der Waals surface area contributed by atoms with E-state index in [9.17, 15) is 9.90 Å². The molecule has 1 aliphatic rings. The van der Waals surface area contributed by atoms with Gasteiger partial charge < -0.3 is 15.5 Å². The summed E-state index contributed by atoms with van der Waals surface area (Å²) >= 11 is 0. The third-order valence-corrected chi connectivity index (χ3v) is 3.10. The van der Waals surface area contributed by atoms with Gasteiger partial charge in [-0.05, 0) is 26.2 Å². The van der Waals surface area contributed by atoms with Crippen molar-refractivity contribution in [2.24, 2.45) is 5.92 Å². The number of nitrogens with one attached hydrogen (secondary N) is 1. The van der Waals surface area contributed by atoms with Gasteiger partial charge in [0.2, 0.25) is 0 Å². The highest BCUT2D eigenvalue weighted by Gasteiger charge is 2.37. The minimum Gasteiger partial charge on any atom is -0.481 e. The molecule has 3 N–H and O–H groups in total. The first-order chi connectivity index (χ1) is 6.46. The van der Waals surface area contributed by atoms with Gasteiger partial charge in [-0.2, -0.15) is 0 Å². The van der Waals surface area contributed by atoms with Gasteiger partial charge >= 0.3 is 5.97 Å². The first-order valence-corrected chi connectivity index (χ1v) is 5.15. The van der Waals surface area contributed by atoms with Crippen LogP contribution in [0, 0.1) is 5.92 Å². The lowest BCUT2D eigenvalue weighted by Gasteiger charge is -2.36. The molecule has 0 bridgehead atoms. The van der Waals surface area contributed by atoms with E-state index in [0.29, 0.717) is 13.0 Å². The van der Waals surface area contributed by atoms with E-state index in [1.54, 1.807) is 6.92 Å². The summed E-state index contributed by atoms with van der Waals surface area (Å²) in [6.45, 7) is 4.14. The number of rotatable bonds is 5. The number of hydrogen-bond acceptors (Lipinski definition) is 3. The molecule has 0 aromatic carbocycles. The van der Waals surface area contributed by atoms with Gasteiger partial charge in [0.1, 0.15) is 0 Å². The van der Waals surface area contributed by atoms with E-state index in [-0.39, 0.29) is 12.0 Å². The zero-order valence-corrected chi connectivity index (χ0v) is 8.79. The van der Waals surface area contributed by atoms with Crippen LogP contribution in [0.5, 0.6) is 0 Å². The zero-order valence-electron chi connectivity index (χ0n) is 8.79. The Morgan fingerprint density at radius 2 is 2.21 bits per heavy atom.